The first-order chi connectivity index (χ1) is 13.9. The van der Waals surface area contributed by atoms with Crippen LogP contribution in [0.2, 0.25) is 0 Å². The van der Waals surface area contributed by atoms with Gasteiger partial charge in [-0.05, 0) is 17.7 Å². The lowest BCUT2D eigenvalue weighted by Gasteiger charge is -2.18. The molecule has 0 bridgehead atoms. The van der Waals surface area contributed by atoms with E-state index in [1.165, 1.54) is 4.90 Å². The van der Waals surface area contributed by atoms with Gasteiger partial charge in [0.05, 0.1) is 16.9 Å². The molecule has 0 heterocycles. The molecular weight excluding hydrogens is 368 g/mol. The molecular formula is C22H26N4O3. The summed E-state index contributed by atoms with van der Waals surface area (Å²) < 4.78 is 0. The minimum Gasteiger partial charge on any atom is -0.396 e. The fourth-order valence-electron chi connectivity index (χ4n) is 2.70. The molecule has 1 amide bonds. The molecule has 3 aromatic rings. The van der Waals surface area contributed by atoms with E-state index in [0.717, 1.165) is 5.56 Å². The van der Waals surface area contributed by atoms with Gasteiger partial charge in [0.15, 0.2) is 0 Å². The third kappa shape index (κ3) is 4.63. The molecule has 0 radical (unpaired) electrons. The molecule has 7 nitrogen and oxygen atoms in total. The van der Waals surface area contributed by atoms with Crippen LogP contribution in [0.4, 0.5) is 22.7 Å². The highest BCUT2D eigenvalue weighted by molar-refractivity contribution is 6.02. The van der Waals surface area contributed by atoms with E-state index in [1.54, 1.807) is 32.3 Å². The Morgan fingerprint density at radius 2 is 1.55 bits per heavy atom. The van der Waals surface area contributed by atoms with Crippen molar-refractivity contribution in [2.75, 3.05) is 30.5 Å². The molecule has 3 rings (SSSR count). The molecule has 3 aromatic carbocycles. The van der Waals surface area contributed by atoms with Gasteiger partial charge in [0, 0.05) is 20.6 Å². The molecule has 4 N–H and O–H groups in total. The molecule has 0 aliphatic rings. The Morgan fingerprint density at radius 3 is 2.17 bits per heavy atom. The number of benzene rings is 2. The molecule has 7 heteroatoms. The van der Waals surface area contributed by atoms with Crippen molar-refractivity contribution >= 4 is 28.7 Å². The van der Waals surface area contributed by atoms with Crippen LogP contribution in [0.5, 0.6) is 0 Å². The quantitative estimate of drug-likeness (QED) is 0.439. The lowest BCUT2D eigenvalue weighted by Crippen LogP contribution is -2.36. The second-order valence-electron chi connectivity index (χ2n) is 6.34. The van der Waals surface area contributed by atoms with Crippen LogP contribution in [0.25, 0.3) is 0 Å². The van der Waals surface area contributed by atoms with Gasteiger partial charge in [-0.1, -0.05) is 50.2 Å². The van der Waals surface area contributed by atoms with E-state index in [2.05, 4.69) is 10.6 Å². The van der Waals surface area contributed by atoms with E-state index in [9.17, 15) is 14.4 Å². The van der Waals surface area contributed by atoms with Crippen LogP contribution in [0.3, 0.4) is 0 Å². The van der Waals surface area contributed by atoms with Gasteiger partial charge in [-0.3, -0.25) is 14.4 Å². The monoisotopic (exact) mass is 394 g/mol. The van der Waals surface area contributed by atoms with Gasteiger partial charge in [0.25, 0.3) is 16.8 Å². The van der Waals surface area contributed by atoms with Crippen molar-refractivity contribution in [2.45, 2.75) is 20.4 Å². The predicted octanol–water partition coefficient (Wildman–Crippen LogP) is 2.95. The van der Waals surface area contributed by atoms with E-state index >= 15 is 0 Å². The molecule has 0 aromatic heterocycles. The van der Waals surface area contributed by atoms with E-state index in [1.807, 2.05) is 44.2 Å². The Labute approximate surface area is 169 Å². The van der Waals surface area contributed by atoms with Crippen molar-refractivity contribution in [3.63, 3.8) is 0 Å². The zero-order valence-electron chi connectivity index (χ0n) is 17.1. The summed E-state index contributed by atoms with van der Waals surface area (Å²) in [5, 5.41) is 5.89. The van der Waals surface area contributed by atoms with Crippen molar-refractivity contribution in [2.24, 2.45) is 0 Å². The minimum atomic E-state index is -0.616. The van der Waals surface area contributed by atoms with E-state index in [-0.39, 0.29) is 23.0 Å². The van der Waals surface area contributed by atoms with Crippen LogP contribution >= 0.6 is 0 Å². The number of amides is 1. The van der Waals surface area contributed by atoms with E-state index in [0.29, 0.717) is 17.8 Å². The maximum atomic E-state index is 12.2. The first-order valence-corrected chi connectivity index (χ1v) is 9.38. The van der Waals surface area contributed by atoms with Gasteiger partial charge in [0.2, 0.25) is 0 Å². The number of para-hydroxylation sites is 1. The number of nitrogens with one attached hydrogen (secondary N) is 2. The summed E-state index contributed by atoms with van der Waals surface area (Å²) >= 11 is 0. The number of rotatable bonds is 6. The second kappa shape index (κ2) is 9.54. The lowest BCUT2D eigenvalue weighted by molar-refractivity contribution is 0.0828. The van der Waals surface area contributed by atoms with Crippen molar-refractivity contribution < 1.29 is 4.79 Å². The SMILES string of the molecule is CC.CN(C)C(=O)c1cccc(Nc2c(NCc3ccccc3)c(=O)c2=O)c1N. The Bertz CT molecular complexity index is 1050. The molecule has 29 heavy (non-hydrogen) atoms. The summed E-state index contributed by atoms with van der Waals surface area (Å²) in [5.74, 6) is -0.247. The Balaban J connectivity index is 0.00000145. The Hall–Kier alpha value is -3.61. The van der Waals surface area contributed by atoms with Gasteiger partial charge >= 0.3 is 0 Å². The van der Waals surface area contributed by atoms with Crippen LogP contribution in [-0.4, -0.2) is 24.9 Å². The van der Waals surface area contributed by atoms with Gasteiger partial charge in [0.1, 0.15) is 11.4 Å². The number of hydrogen-bond donors (Lipinski definition) is 3. The molecule has 0 spiro atoms. The third-order valence-electron chi connectivity index (χ3n) is 4.22. The van der Waals surface area contributed by atoms with Crippen LogP contribution in [0, 0.1) is 0 Å². The normalized spacial score (nSPS) is 10.1. The molecule has 0 unspecified atom stereocenters. The van der Waals surface area contributed by atoms with Gasteiger partial charge in [-0.15, -0.1) is 0 Å². The summed E-state index contributed by atoms with van der Waals surface area (Å²) in [6, 6.07) is 14.5. The van der Waals surface area contributed by atoms with Gasteiger partial charge in [-0.25, -0.2) is 0 Å². The maximum Gasteiger partial charge on any atom is 0.255 e. The van der Waals surface area contributed by atoms with Crippen molar-refractivity contribution in [1.82, 2.24) is 4.90 Å². The number of nitrogen functional groups attached to an aromatic ring is 1. The first-order valence-electron chi connectivity index (χ1n) is 9.38. The molecule has 0 fully saturated rings. The number of carbonyl (C=O) groups excluding carboxylic acids is 1. The number of hydrogen-bond acceptors (Lipinski definition) is 6. The van der Waals surface area contributed by atoms with Gasteiger partial charge < -0.3 is 21.3 Å². The zero-order chi connectivity index (χ0) is 21.6. The summed E-state index contributed by atoms with van der Waals surface area (Å²) in [6.07, 6.45) is 0. The molecule has 0 saturated heterocycles. The summed E-state index contributed by atoms with van der Waals surface area (Å²) in [6.45, 7) is 4.41. The maximum absolute atomic E-state index is 12.2. The Kier molecular flexibility index (Phi) is 7.14. The standard InChI is InChI=1S/C20H20N4O3.C2H6/c1-24(2)20(27)13-9-6-10-14(15(13)21)23-17-16(18(25)19(17)26)22-11-12-7-4-3-5-8-12;1-2/h3-10,22-23H,11,21H2,1-2H3;1-2H3. The van der Waals surface area contributed by atoms with Gasteiger partial charge in [-0.2, -0.15) is 0 Å². The smallest absolute Gasteiger partial charge is 0.255 e. The lowest BCUT2D eigenvalue weighted by atomic mass is 10.1. The van der Waals surface area contributed by atoms with Crippen molar-refractivity contribution in [1.29, 1.82) is 0 Å². The fraction of sp³-hybridized carbons (Fsp3) is 0.227. The highest BCUT2D eigenvalue weighted by Crippen LogP contribution is 2.28. The molecule has 152 valence electrons. The molecule has 0 atom stereocenters. The first kappa shape index (κ1) is 21.7. The summed E-state index contributed by atoms with van der Waals surface area (Å²) in [5.41, 5.74) is 7.19. The summed E-state index contributed by atoms with van der Waals surface area (Å²) in [7, 11) is 3.26. The molecule has 0 saturated carbocycles. The highest BCUT2D eigenvalue weighted by atomic mass is 16.2. The number of anilines is 4. The number of nitrogens with zero attached hydrogens (tertiary/aromatic N) is 1. The molecule has 0 aliphatic carbocycles. The van der Waals surface area contributed by atoms with Crippen LogP contribution < -0.4 is 27.2 Å². The number of nitrogens with two attached hydrogens (primary N) is 1. The minimum absolute atomic E-state index is 0.150. The molecule has 0 aliphatic heterocycles. The fourth-order valence-corrected chi connectivity index (χ4v) is 2.70. The zero-order valence-corrected chi connectivity index (χ0v) is 17.1. The van der Waals surface area contributed by atoms with Crippen LogP contribution in [-0.2, 0) is 6.54 Å². The van der Waals surface area contributed by atoms with E-state index < -0.39 is 10.9 Å². The van der Waals surface area contributed by atoms with Crippen molar-refractivity contribution in [3.8, 4) is 0 Å². The summed E-state index contributed by atoms with van der Waals surface area (Å²) in [4.78, 5) is 37.5. The predicted molar refractivity (Wildman–Crippen MR) is 119 cm³/mol. The number of carbonyl (C=O) groups is 1. The largest absolute Gasteiger partial charge is 0.396 e. The van der Waals surface area contributed by atoms with Crippen LogP contribution in [0.1, 0.15) is 29.8 Å². The third-order valence-corrected chi connectivity index (χ3v) is 4.22. The average molecular weight is 394 g/mol. The van der Waals surface area contributed by atoms with Crippen molar-refractivity contribution in [3.05, 3.63) is 80.1 Å². The highest BCUT2D eigenvalue weighted by Gasteiger charge is 2.22. The Morgan fingerprint density at radius 1 is 0.931 bits per heavy atom. The van der Waals surface area contributed by atoms with Crippen LogP contribution in [0.15, 0.2) is 58.1 Å². The van der Waals surface area contributed by atoms with E-state index in [4.69, 9.17) is 5.73 Å². The topological polar surface area (TPSA) is 105 Å². The average Bonchev–Trinajstić information content (AvgIpc) is 2.75. The second-order valence-corrected chi connectivity index (χ2v) is 6.34.